The van der Waals surface area contributed by atoms with Crippen molar-refractivity contribution in [2.24, 2.45) is 0 Å². The molecule has 2 rings (SSSR count). The maximum absolute atomic E-state index is 6.19. The summed E-state index contributed by atoms with van der Waals surface area (Å²) >= 11 is 6.19. The van der Waals surface area contributed by atoms with E-state index in [9.17, 15) is 0 Å². The fourth-order valence-corrected chi connectivity index (χ4v) is 2.43. The molecule has 0 fully saturated rings. The largest absolute Gasteiger partial charge is 0.376 e. The molecule has 0 unspecified atom stereocenters. The lowest BCUT2D eigenvalue weighted by Gasteiger charge is -2.20. The van der Waals surface area contributed by atoms with Gasteiger partial charge in [-0.1, -0.05) is 37.6 Å². The van der Waals surface area contributed by atoms with Crippen LogP contribution in [0.25, 0.3) is 0 Å². The maximum atomic E-state index is 6.19. The summed E-state index contributed by atoms with van der Waals surface area (Å²) in [4.78, 5) is 10.5. The molecule has 1 N–H and O–H groups in total. The number of benzene rings is 1. The standard InChI is InChI=1S/C15H19ClN4/c1-10(2)13-14(16)17-9-18-15(13)19-11-7-5-6-8-12(11)20(3)4/h5-10H,1-4H3,(H,17,18,19). The van der Waals surface area contributed by atoms with Gasteiger partial charge in [-0.2, -0.15) is 0 Å². The van der Waals surface area contributed by atoms with Gasteiger partial charge in [-0.3, -0.25) is 0 Å². The van der Waals surface area contributed by atoms with Crippen LogP contribution in [0.15, 0.2) is 30.6 Å². The second kappa shape index (κ2) is 6.09. The Morgan fingerprint density at radius 1 is 1.15 bits per heavy atom. The van der Waals surface area contributed by atoms with Gasteiger partial charge in [0.1, 0.15) is 17.3 Å². The highest BCUT2D eigenvalue weighted by atomic mass is 35.5. The summed E-state index contributed by atoms with van der Waals surface area (Å²) in [5.74, 6) is 1.01. The van der Waals surface area contributed by atoms with E-state index in [-0.39, 0.29) is 5.92 Å². The molecule has 0 atom stereocenters. The average molecular weight is 291 g/mol. The molecule has 5 heteroatoms. The Labute approximate surface area is 124 Å². The molecule has 0 aliphatic heterocycles. The van der Waals surface area contributed by atoms with Crippen LogP contribution in [-0.4, -0.2) is 24.1 Å². The van der Waals surface area contributed by atoms with Gasteiger partial charge in [0.25, 0.3) is 0 Å². The van der Waals surface area contributed by atoms with E-state index in [2.05, 4.69) is 40.1 Å². The van der Waals surface area contributed by atoms with Crippen LogP contribution in [0.3, 0.4) is 0 Å². The van der Waals surface area contributed by atoms with Crippen molar-refractivity contribution < 1.29 is 0 Å². The Morgan fingerprint density at radius 3 is 2.50 bits per heavy atom. The van der Waals surface area contributed by atoms with E-state index < -0.39 is 0 Å². The molecule has 1 heterocycles. The second-order valence-electron chi connectivity index (χ2n) is 5.12. The number of halogens is 1. The number of anilines is 3. The molecule has 106 valence electrons. The van der Waals surface area contributed by atoms with Gasteiger partial charge in [-0.05, 0) is 18.1 Å². The third-order valence-electron chi connectivity index (χ3n) is 3.05. The van der Waals surface area contributed by atoms with E-state index in [0.29, 0.717) is 5.15 Å². The molecule has 20 heavy (non-hydrogen) atoms. The van der Waals surface area contributed by atoms with E-state index in [0.717, 1.165) is 22.8 Å². The molecule has 0 aliphatic carbocycles. The van der Waals surface area contributed by atoms with Crippen molar-refractivity contribution in [3.63, 3.8) is 0 Å². The molecule has 0 saturated heterocycles. The number of nitrogens with zero attached hydrogens (tertiary/aromatic N) is 3. The lowest BCUT2D eigenvalue weighted by atomic mass is 10.1. The maximum Gasteiger partial charge on any atom is 0.138 e. The van der Waals surface area contributed by atoms with Gasteiger partial charge in [0.05, 0.1) is 11.4 Å². The van der Waals surface area contributed by atoms with Gasteiger partial charge in [0, 0.05) is 19.7 Å². The highest BCUT2D eigenvalue weighted by molar-refractivity contribution is 6.30. The van der Waals surface area contributed by atoms with Crippen molar-refractivity contribution in [3.05, 3.63) is 41.3 Å². The molecule has 0 saturated carbocycles. The average Bonchev–Trinajstić information content (AvgIpc) is 2.38. The lowest BCUT2D eigenvalue weighted by Crippen LogP contribution is -2.11. The van der Waals surface area contributed by atoms with E-state index in [1.807, 2.05) is 32.3 Å². The number of para-hydroxylation sites is 2. The summed E-state index contributed by atoms with van der Waals surface area (Å²) in [7, 11) is 4.02. The topological polar surface area (TPSA) is 41.1 Å². The summed E-state index contributed by atoms with van der Waals surface area (Å²) in [6, 6.07) is 8.08. The van der Waals surface area contributed by atoms with E-state index >= 15 is 0 Å². The molecule has 0 aliphatic rings. The number of hydrogen-bond donors (Lipinski definition) is 1. The van der Waals surface area contributed by atoms with Crippen LogP contribution >= 0.6 is 11.6 Å². The van der Waals surface area contributed by atoms with Gasteiger partial charge >= 0.3 is 0 Å². The SMILES string of the molecule is CC(C)c1c(Cl)ncnc1Nc1ccccc1N(C)C. The summed E-state index contributed by atoms with van der Waals surface area (Å²) < 4.78 is 0. The van der Waals surface area contributed by atoms with Crippen LogP contribution in [0.1, 0.15) is 25.3 Å². The van der Waals surface area contributed by atoms with Crippen molar-refractivity contribution in [2.75, 3.05) is 24.3 Å². The van der Waals surface area contributed by atoms with E-state index in [1.54, 1.807) is 0 Å². The van der Waals surface area contributed by atoms with Crippen LogP contribution in [0.5, 0.6) is 0 Å². The Morgan fingerprint density at radius 2 is 1.85 bits per heavy atom. The van der Waals surface area contributed by atoms with Crippen molar-refractivity contribution in [3.8, 4) is 0 Å². The van der Waals surface area contributed by atoms with Crippen molar-refractivity contribution in [1.82, 2.24) is 9.97 Å². The minimum atomic E-state index is 0.248. The predicted molar refractivity (Wildman–Crippen MR) is 85.2 cm³/mol. The minimum Gasteiger partial charge on any atom is -0.376 e. The molecule has 0 amide bonds. The first-order valence-electron chi connectivity index (χ1n) is 6.54. The van der Waals surface area contributed by atoms with Gasteiger partial charge < -0.3 is 10.2 Å². The van der Waals surface area contributed by atoms with Crippen LogP contribution in [0.2, 0.25) is 5.15 Å². The number of nitrogens with one attached hydrogen (secondary N) is 1. The van der Waals surface area contributed by atoms with Gasteiger partial charge in [0.15, 0.2) is 0 Å². The van der Waals surface area contributed by atoms with Gasteiger partial charge in [-0.15, -0.1) is 0 Å². The van der Waals surface area contributed by atoms with Crippen LogP contribution in [-0.2, 0) is 0 Å². The summed E-state index contributed by atoms with van der Waals surface area (Å²) in [6.07, 6.45) is 1.48. The predicted octanol–water partition coefficient (Wildman–Crippen LogP) is 4.06. The van der Waals surface area contributed by atoms with Crippen LogP contribution in [0, 0.1) is 0 Å². The molecular formula is C15H19ClN4. The third kappa shape index (κ3) is 3.02. The fraction of sp³-hybridized carbons (Fsp3) is 0.333. The molecule has 4 nitrogen and oxygen atoms in total. The monoisotopic (exact) mass is 290 g/mol. The van der Waals surface area contributed by atoms with Crippen molar-refractivity contribution >= 4 is 28.8 Å². The second-order valence-corrected chi connectivity index (χ2v) is 5.48. The van der Waals surface area contributed by atoms with Crippen molar-refractivity contribution in [1.29, 1.82) is 0 Å². The van der Waals surface area contributed by atoms with Gasteiger partial charge in [0.2, 0.25) is 0 Å². The first-order valence-corrected chi connectivity index (χ1v) is 6.92. The number of hydrogen-bond acceptors (Lipinski definition) is 4. The Balaban J connectivity index is 2.43. The molecular weight excluding hydrogens is 272 g/mol. The molecule has 2 aromatic rings. The zero-order valence-electron chi connectivity index (χ0n) is 12.2. The van der Waals surface area contributed by atoms with E-state index in [4.69, 9.17) is 11.6 Å². The van der Waals surface area contributed by atoms with E-state index in [1.165, 1.54) is 6.33 Å². The molecule has 0 spiro atoms. The summed E-state index contributed by atoms with van der Waals surface area (Å²) in [5, 5.41) is 3.87. The fourth-order valence-electron chi connectivity index (χ4n) is 2.08. The van der Waals surface area contributed by atoms with Crippen LogP contribution < -0.4 is 10.2 Å². The summed E-state index contributed by atoms with van der Waals surface area (Å²) in [5.41, 5.74) is 3.02. The number of aromatic nitrogens is 2. The highest BCUT2D eigenvalue weighted by Gasteiger charge is 2.15. The molecule has 0 bridgehead atoms. The number of rotatable bonds is 4. The Hall–Kier alpha value is -1.81. The third-order valence-corrected chi connectivity index (χ3v) is 3.35. The lowest BCUT2D eigenvalue weighted by molar-refractivity contribution is 0.850. The molecule has 0 radical (unpaired) electrons. The normalized spacial score (nSPS) is 10.7. The first-order chi connectivity index (χ1) is 9.50. The minimum absolute atomic E-state index is 0.248. The first kappa shape index (κ1) is 14.6. The molecule has 1 aromatic heterocycles. The molecule has 1 aromatic carbocycles. The van der Waals surface area contributed by atoms with Crippen molar-refractivity contribution in [2.45, 2.75) is 19.8 Å². The summed E-state index contributed by atoms with van der Waals surface area (Å²) in [6.45, 7) is 4.15. The highest BCUT2D eigenvalue weighted by Crippen LogP contribution is 2.32. The van der Waals surface area contributed by atoms with Crippen LogP contribution in [0.4, 0.5) is 17.2 Å². The smallest absolute Gasteiger partial charge is 0.138 e. The quantitative estimate of drug-likeness (QED) is 0.862. The Bertz CT molecular complexity index is 596. The zero-order valence-corrected chi connectivity index (χ0v) is 12.9. The van der Waals surface area contributed by atoms with Gasteiger partial charge in [-0.25, -0.2) is 9.97 Å². The Kier molecular flexibility index (Phi) is 4.45. The zero-order chi connectivity index (χ0) is 14.7.